The van der Waals surface area contributed by atoms with Gasteiger partial charge in [-0.1, -0.05) is 11.1 Å². The molecule has 1 aromatic rings. The monoisotopic (exact) mass is 256 g/mol. The van der Waals surface area contributed by atoms with Gasteiger partial charge in [-0.25, -0.2) is 12.1 Å². The van der Waals surface area contributed by atoms with E-state index in [4.69, 9.17) is 18.1 Å². The summed E-state index contributed by atoms with van der Waals surface area (Å²) in [5.74, 6) is 0. The summed E-state index contributed by atoms with van der Waals surface area (Å²) in [5.41, 5.74) is 0. The first-order valence-electron chi connectivity index (χ1n) is 2.82. The van der Waals surface area contributed by atoms with Crippen molar-refractivity contribution in [1.29, 1.82) is 0 Å². The van der Waals surface area contributed by atoms with Crippen LogP contribution in [0.5, 0.6) is 0 Å². The second kappa shape index (κ2) is 29.4. The molecule has 1 aromatic carbocycles. The van der Waals surface area contributed by atoms with Gasteiger partial charge in [0.15, 0.2) is 0 Å². The van der Waals surface area contributed by atoms with Crippen molar-refractivity contribution in [2.45, 2.75) is 0 Å². The van der Waals surface area contributed by atoms with Crippen LogP contribution in [0.15, 0.2) is 30.3 Å². The first kappa shape index (κ1) is 23.4. The van der Waals surface area contributed by atoms with Crippen molar-refractivity contribution in [1.82, 2.24) is 0 Å². The van der Waals surface area contributed by atoms with Crippen molar-refractivity contribution < 1.29 is 35.1 Å². The van der Waals surface area contributed by atoms with Gasteiger partial charge in [-0.05, 0) is 6.26 Å². The van der Waals surface area contributed by atoms with Crippen molar-refractivity contribution >= 4 is 11.1 Å². The fourth-order valence-corrected chi connectivity index (χ4v) is 0.321. The Balaban J connectivity index is -0.0000000511. The van der Waals surface area contributed by atoms with Gasteiger partial charge < -0.3 is 4.55 Å². The molecular formula is C8H8FeO4S+4. The quantitative estimate of drug-likeness (QED) is 0.298. The molecule has 0 amide bonds. The molecule has 0 heterocycles. The van der Waals surface area contributed by atoms with Crippen LogP contribution in [0.4, 0.5) is 0 Å². The van der Waals surface area contributed by atoms with Crippen LogP contribution in [0.2, 0.25) is 0 Å². The molecule has 0 bridgehead atoms. The van der Waals surface area contributed by atoms with Gasteiger partial charge in [0.25, 0.3) is 0 Å². The van der Waals surface area contributed by atoms with Crippen LogP contribution in [0.25, 0.3) is 0 Å². The van der Waals surface area contributed by atoms with Crippen LogP contribution in [0.1, 0.15) is 0 Å². The Labute approximate surface area is 96.3 Å². The predicted molar refractivity (Wildman–Crippen MR) is 44.7 cm³/mol. The van der Waals surface area contributed by atoms with E-state index in [9.17, 15) is 0 Å². The maximum Gasteiger partial charge on any atom is 6.00 e. The van der Waals surface area contributed by atoms with Crippen LogP contribution < -0.4 is 0 Å². The largest absolute Gasteiger partial charge is 6.00 e. The average Bonchev–Trinajstić information content (AvgIpc) is 2.67. The van der Waals surface area contributed by atoms with Gasteiger partial charge in [-0.15, -0.1) is 0 Å². The molecule has 0 aliphatic carbocycles. The fraction of sp³-hybridized carbons (Fsp3) is 0.125. The molecule has 0 N–H and O–H groups in total. The van der Waals surface area contributed by atoms with Crippen LogP contribution in [0, 0.1) is 13.3 Å². The fourth-order valence-electron chi connectivity index (χ4n) is 0.321. The Hall–Kier alpha value is -0.541. The molecule has 0 saturated carbocycles. The molecule has 0 spiro atoms. The maximum atomic E-state index is 9.00. The van der Waals surface area contributed by atoms with E-state index in [1.165, 1.54) is 0 Å². The van der Waals surface area contributed by atoms with Gasteiger partial charge in [-0.3, -0.25) is 4.21 Å². The minimum atomic E-state index is -1.86. The van der Waals surface area contributed by atoms with Crippen LogP contribution in [-0.2, 0) is 37.5 Å². The van der Waals surface area contributed by atoms with E-state index in [1.807, 2.05) is 30.3 Å². The Kier molecular flexibility index (Phi) is 49.0. The summed E-state index contributed by atoms with van der Waals surface area (Å²) in [4.78, 5) is 0. The van der Waals surface area contributed by atoms with Crippen LogP contribution in [-0.4, -0.2) is 15.0 Å². The van der Waals surface area contributed by atoms with Crippen molar-refractivity contribution in [2.24, 2.45) is 0 Å². The van der Waals surface area contributed by atoms with Gasteiger partial charge in [0, 0.05) is 0 Å². The Bertz CT molecular complexity index is 191. The van der Waals surface area contributed by atoms with E-state index < -0.39 is 11.1 Å². The second-order valence-electron chi connectivity index (χ2n) is 1.36. The molecule has 1 atom stereocenters. The Morgan fingerprint density at radius 2 is 1.43 bits per heavy atom. The third-order valence-corrected chi connectivity index (χ3v) is 0.556. The van der Waals surface area contributed by atoms with E-state index >= 15 is 0 Å². The maximum absolute atomic E-state index is 9.00. The minimum absolute atomic E-state index is 0. The van der Waals surface area contributed by atoms with Gasteiger partial charge in [0.1, 0.15) is 0 Å². The summed E-state index contributed by atoms with van der Waals surface area (Å²) in [6.45, 7) is 9.00. The van der Waals surface area contributed by atoms with E-state index in [2.05, 4.69) is 13.3 Å². The Morgan fingerprint density at radius 3 is 1.50 bits per heavy atom. The van der Waals surface area contributed by atoms with E-state index in [-0.39, 0.29) is 17.1 Å². The van der Waals surface area contributed by atoms with Crippen molar-refractivity contribution in [3.05, 3.63) is 43.6 Å². The molecule has 0 aromatic heterocycles. The van der Waals surface area contributed by atoms with Crippen LogP contribution in [0.3, 0.4) is 0 Å². The van der Waals surface area contributed by atoms with E-state index in [1.54, 1.807) is 0 Å². The zero-order valence-corrected chi connectivity index (χ0v) is 9.20. The molecule has 0 aliphatic heterocycles. The first-order valence-corrected chi connectivity index (χ1v) is 4.30. The minimum Gasteiger partial charge on any atom is -0.214 e. The molecule has 0 radical (unpaired) electrons. The molecular weight excluding hydrogens is 248 g/mol. The summed E-state index contributed by atoms with van der Waals surface area (Å²) >= 11 is -1.86. The van der Waals surface area contributed by atoms with Gasteiger partial charge in [-0.2, -0.15) is 18.2 Å². The molecule has 0 aliphatic rings. The van der Waals surface area contributed by atoms with Crippen molar-refractivity contribution in [3.63, 3.8) is 0 Å². The summed E-state index contributed by atoms with van der Waals surface area (Å²) in [6.07, 6.45) is 1.08. The van der Waals surface area contributed by atoms with Crippen LogP contribution >= 0.6 is 0 Å². The summed E-state index contributed by atoms with van der Waals surface area (Å²) in [7, 11) is 0. The molecule has 74 valence electrons. The Morgan fingerprint density at radius 1 is 1.21 bits per heavy atom. The summed E-state index contributed by atoms with van der Waals surface area (Å²) < 4.78 is 33.0. The van der Waals surface area contributed by atoms with Gasteiger partial charge in [0.2, 0.25) is 0 Å². The van der Waals surface area contributed by atoms with Crippen molar-refractivity contribution in [2.75, 3.05) is 6.26 Å². The normalized spacial score (nSPS) is 7.57. The smallest absolute Gasteiger partial charge is 0.214 e. The summed E-state index contributed by atoms with van der Waals surface area (Å²) in [5, 5.41) is 0. The molecule has 1 rings (SSSR count). The first-order chi connectivity index (χ1) is 6.23. The molecule has 0 saturated heterocycles. The summed E-state index contributed by atoms with van der Waals surface area (Å²) in [6, 6.07) is 10.0. The van der Waals surface area contributed by atoms with Gasteiger partial charge in [0.05, 0.1) is 0 Å². The zero-order valence-electron chi connectivity index (χ0n) is 7.28. The van der Waals surface area contributed by atoms with Crippen molar-refractivity contribution in [3.8, 4) is 0 Å². The van der Waals surface area contributed by atoms with E-state index in [0.717, 1.165) is 6.26 Å². The molecule has 14 heavy (non-hydrogen) atoms. The second-order valence-corrected chi connectivity index (χ2v) is 2.17. The third kappa shape index (κ3) is 63.0. The number of hydrogen-bond acceptors (Lipinski definition) is 2. The zero-order chi connectivity index (χ0) is 11.1. The standard InChI is InChI=1S/C5H5.CH4O2S.2CO.Fe/c1-2-4-5-3-1;1-4(2)3;2*1-2;/h1-5H;1H3,(H,2,3);;;/q-1;;;;+6/p-1. The molecule has 4 nitrogen and oxygen atoms in total. The molecule has 1 unspecified atom stereocenters. The molecule has 6 heteroatoms. The SMILES string of the molecule is CS(=O)[O-].[C-]#[O+].[C-]#[O+].[Fe+6].c1cc[cH-]c1. The molecule has 0 fully saturated rings. The van der Waals surface area contributed by atoms with Gasteiger partial charge >= 0.3 is 39.7 Å². The average molecular weight is 256 g/mol. The van der Waals surface area contributed by atoms with E-state index in [0.29, 0.717) is 0 Å². The number of hydrogen-bond donors (Lipinski definition) is 0. The topological polar surface area (TPSA) is 79.9 Å². The predicted octanol–water partition coefficient (Wildman–Crippen LogP) is 0.823. The third-order valence-electron chi connectivity index (χ3n) is 0.556. The number of rotatable bonds is 0.